The molecule has 1 aliphatic heterocycles. The molecule has 0 bridgehead atoms. The molecule has 1 aliphatic rings. The van der Waals surface area contributed by atoms with Gasteiger partial charge in [-0.3, -0.25) is 0 Å². The van der Waals surface area contributed by atoms with Crippen LogP contribution in [0.15, 0.2) is 11.2 Å². The van der Waals surface area contributed by atoms with Crippen LogP contribution >= 0.6 is 0 Å². The van der Waals surface area contributed by atoms with Gasteiger partial charge in [-0.25, -0.2) is 18.4 Å². The van der Waals surface area contributed by atoms with Crippen molar-refractivity contribution in [2.45, 2.75) is 37.1 Å². The average Bonchev–Trinajstić information content (AvgIpc) is 2.29. The fourth-order valence-corrected chi connectivity index (χ4v) is 3.71. The minimum Gasteiger partial charge on any atom is -0.315 e. The number of nitrogens with zero attached hydrogens (tertiary/aromatic N) is 2. The van der Waals surface area contributed by atoms with Crippen LogP contribution in [0, 0.1) is 13.8 Å². The maximum atomic E-state index is 12.3. The van der Waals surface area contributed by atoms with Gasteiger partial charge in [0, 0.05) is 17.9 Å². The van der Waals surface area contributed by atoms with Crippen molar-refractivity contribution in [1.29, 1.82) is 0 Å². The molecular weight excluding hydrogens is 238 g/mol. The zero-order chi connectivity index (χ0) is 12.5. The summed E-state index contributed by atoms with van der Waals surface area (Å²) in [5.74, 6) is 0. The van der Waals surface area contributed by atoms with Crippen LogP contribution < -0.4 is 5.32 Å². The van der Waals surface area contributed by atoms with Gasteiger partial charge in [0.2, 0.25) is 15.0 Å². The quantitative estimate of drug-likeness (QED) is 0.784. The lowest BCUT2D eigenvalue weighted by Gasteiger charge is -2.22. The maximum Gasteiger partial charge on any atom is 0.247 e. The Labute approximate surface area is 102 Å². The van der Waals surface area contributed by atoms with E-state index < -0.39 is 15.1 Å². The molecule has 0 radical (unpaired) electrons. The number of hydrogen-bond acceptors (Lipinski definition) is 5. The number of hydrogen-bond donors (Lipinski definition) is 1. The van der Waals surface area contributed by atoms with Gasteiger partial charge in [-0.1, -0.05) is 0 Å². The van der Waals surface area contributed by atoms with Gasteiger partial charge in [0.15, 0.2) is 0 Å². The van der Waals surface area contributed by atoms with Crippen molar-refractivity contribution in [3.05, 3.63) is 17.5 Å². The van der Waals surface area contributed by atoms with Gasteiger partial charge in [0.05, 0.1) is 5.25 Å². The van der Waals surface area contributed by atoms with E-state index >= 15 is 0 Å². The molecular formula is C11H17N3O2S. The third-order valence-electron chi connectivity index (χ3n) is 2.91. The Morgan fingerprint density at radius 2 is 1.94 bits per heavy atom. The third-order valence-corrected chi connectivity index (χ3v) is 4.88. The number of nitrogens with one attached hydrogen (secondary N) is 1. The van der Waals surface area contributed by atoms with Crippen LogP contribution in [0.2, 0.25) is 0 Å². The van der Waals surface area contributed by atoms with E-state index in [0.29, 0.717) is 24.4 Å². The van der Waals surface area contributed by atoms with E-state index in [0.717, 1.165) is 13.0 Å². The largest absolute Gasteiger partial charge is 0.315 e. The van der Waals surface area contributed by atoms with Gasteiger partial charge in [0.1, 0.15) is 0 Å². The minimum atomic E-state index is -3.39. The first-order valence-electron chi connectivity index (χ1n) is 5.77. The molecule has 17 heavy (non-hydrogen) atoms. The molecule has 5 nitrogen and oxygen atoms in total. The lowest BCUT2D eigenvalue weighted by molar-refractivity contribution is 0.492. The molecule has 1 fully saturated rings. The Hall–Kier alpha value is -1.01. The van der Waals surface area contributed by atoms with Crippen molar-refractivity contribution in [3.63, 3.8) is 0 Å². The van der Waals surface area contributed by atoms with E-state index in [1.807, 2.05) is 0 Å². The van der Waals surface area contributed by atoms with Gasteiger partial charge in [0.25, 0.3) is 0 Å². The van der Waals surface area contributed by atoms with Gasteiger partial charge < -0.3 is 5.32 Å². The molecule has 0 aromatic carbocycles. The second-order valence-electron chi connectivity index (χ2n) is 4.45. The minimum absolute atomic E-state index is 0.0244. The lowest BCUT2D eigenvalue weighted by Crippen LogP contribution is -2.39. The summed E-state index contributed by atoms with van der Waals surface area (Å²) in [5.41, 5.74) is 1.39. The van der Waals surface area contributed by atoms with Gasteiger partial charge in [-0.05, 0) is 39.3 Å². The first-order chi connectivity index (χ1) is 8.00. The maximum absolute atomic E-state index is 12.3. The molecule has 0 spiro atoms. The summed E-state index contributed by atoms with van der Waals surface area (Å²) in [6.07, 6.45) is 1.57. The van der Waals surface area contributed by atoms with Crippen LogP contribution in [-0.4, -0.2) is 36.7 Å². The molecule has 0 unspecified atom stereocenters. The normalized spacial score (nSPS) is 21.4. The second-order valence-corrected chi connectivity index (χ2v) is 6.57. The van der Waals surface area contributed by atoms with E-state index in [9.17, 15) is 8.42 Å². The summed E-state index contributed by atoms with van der Waals surface area (Å²) in [6.45, 7) is 4.96. The second kappa shape index (κ2) is 4.70. The molecule has 1 atom stereocenters. The first-order valence-corrected chi connectivity index (χ1v) is 7.31. The Morgan fingerprint density at radius 3 is 2.47 bits per heavy atom. The van der Waals surface area contributed by atoms with Crippen LogP contribution in [0.4, 0.5) is 0 Å². The Balaban J connectivity index is 2.36. The number of piperidine rings is 1. The number of sulfone groups is 1. The van der Waals surface area contributed by atoms with Crippen molar-refractivity contribution in [2.24, 2.45) is 0 Å². The zero-order valence-corrected chi connectivity index (χ0v) is 10.9. The smallest absolute Gasteiger partial charge is 0.247 e. The Kier molecular flexibility index (Phi) is 3.44. The summed E-state index contributed by atoms with van der Waals surface area (Å²) >= 11 is 0. The van der Waals surface area contributed by atoms with E-state index in [1.165, 1.54) is 0 Å². The summed E-state index contributed by atoms with van der Waals surface area (Å²) in [6, 6.07) is 1.78. The molecule has 2 rings (SSSR count). The van der Waals surface area contributed by atoms with Crippen LogP contribution in [0.5, 0.6) is 0 Å². The SMILES string of the molecule is Cc1cc(C)nc(S(=O)(=O)[C@H]2CCCNC2)n1. The topological polar surface area (TPSA) is 72.0 Å². The summed E-state index contributed by atoms with van der Waals surface area (Å²) < 4.78 is 24.7. The lowest BCUT2D eigenvalue weighted by atomic mass is 10.2. The third kappa shape index (κ3) is 2.63. The van der Waals surface area contributed by atoms with Crippen LogP contribution in [0.25, 0.3) is 0 Å². The van der Waals surface area contributed by atoms with Crippen molar-refractivity contribution < 1.29 is 8.42 Å². The van der Waals surface area contributed by atoms with Crippen LogP contribution in [-0.2, 0) is 9.84 Å². The zero-order valence-electron chi connectivity index (χ0n) is 10.1. The molecule has 6 heteroatoms. The van der Waals surface area contributed by atoms with Gasteiger partial charge in [-0.2, -0.15) is 0 Å². The Bertz CT molecular complexity index is 487. The van der Waals surface area contributed by atoms with E-state index in [4.69, 9.17) is 0 Å². The average molecular weight is 255 g/mol. The fourth-order valence-electron chi connectivity index (χ4n) is 2.05. The summed E-state index contributed by atoms with van der Waals surface area (Å²) in [5, 5.41) is 2.69. The number of aromatic nitrogens is 2. The number of rotatable bonds is 2. The molecule has 0 amide bonds. The molecule has 1 saturated heterocycles. The molecule has 1 aromatic heterocycles. The predicted molar refractivity (Wildman–Crippen MR) is 64.6 cm³/mol. The number of aryl methyl sites for hydroxylation is 2. The van der Waals surface area contributed by atoms with Gasteiger partial charge in [-0.15, -0.1) is 0 Å². The summed E-state index contributed by atoms with van der Waals surface area (Å²) in [4.78, 5) is 8.11. The molecule has 1 N–H and O–H groups in total. The van der Waals surface area contributed by atoms with Gasteiger partial charge >= 0.3 is 0 Å². The first kappa shape index (κ1) is 12.4. The highest BCUT2D eigenvalue weighted by atomic mass is 32.2. The van der Waals surface area contributed by atoms with Crippen molar-refractivity contribution >= 4 is 9.84 Å². The highest BCUT2D eigenvalue weighted by Gasteiger charge is 2.31. The molecule has 94 valence electrons. The van der Waals surface area contributed by atoms with Crippen molar-refractivity contribution in [3.8, 4) is 0 Å². The highest BCUT2D eigenvalue weighted by Crippen LogP contribution is 2.18. The van der Waals surface area contributed by atoms with Crippen molar-refractivity contribution in [2.75, 3.05) is 13.1 Å². The molecule has 1 aromatic rings. The molecule has 2 heterocycles. The Morgan fingerprint density at radius 1 is 1.29 bits per heavy atom. The van der Waals surface area contributed by atoms with E-state index in [-0.39, 0.29) is 5.16 Å². The highest BCUT2D eigenvalue weighted by molar-refractivity contribution is 7.91. The molecule has 0 aliphatic carbocycles. The fraction of sp³-hybridized carbons (Fsp3) is 0.636. The summed E-state index contributed by atoms with van der Waals surface area (Å²) in [7, 11) is -3.39. The molecule has 0 saturated carbocycles. The van der Waals surface area contributed by atoms with E-state index in [2.05, 4.69) is 15.3 Å². The standard InChI is InChI=1S/C11H17N3O2S/c1-8-6-9(2)14-11(13-8)17(15,16)10-4-3-5-12-7-10/h6,10,12H,3-5,7H2,1-2H3/t10-/m0/s1. The van der Waals surface area contributed by atoms with Crippen molar-refractivity contribution in [1.82, 2.24) is 15.3 Å². The van der Waals surface area contributed by atoms with Crippen LogP contribution in [0.1, 0.15) is 24.2 Å². The van der Waals surface area contributed by atoms with Crippen LogP contribution in [0.3, 0.4) is 0 Å². The monoisotopic (exact) mass is 255 g/mol. The predicted octanol–water partition coefficient (Wildman–Crippen LogP) is 0.619. The van der Waals surface area contributed by atoms with E-state index in [1.54, 1.807) is 19.9 Å².